The summed E-state index contributed by atoms with van der Waals surface area (Å²) in [5.41, 5.74) is 0.527. The number of carboxylic acids is 1. The van der Waals surface area contributed by atoms with Crippen molar-refractivity contribution in [3.63, 3.8) is 0 Å². The van der Waals surface area contributed by atoms with Gasteiger partial charge in [-0.3, -0.25) is 4.79 Å². The molecule has 10 heteroatoms. The third-order valence-electron chi connectivity index (χ3n) is 2.98. The van der Waals surface area contributed by atoms with E-state index in [0.29, 0.717) is 17.0 Å². The van der Waals surface area contributed by atoms with E-state index >= 15 is 0 Å². The van der Waals surface area contributed by atoms with E-state index in [1.54, 1.807) is 13.0 Å². The first kappa shape index (κ1) is 20.2. The number of carbonyl (C=O) groups is 2. The van der Waals surface area contributed by atoms with E-state index in [9.17, 15) is 18.0 Å². The molecule has 134 valence electrons. The molecule has 0 radical (unpaired) electrons. The molecule has 0 aliphatic heterocycles. The van der Waals surface area contributed by atoms with Gasteiger partial charge in [0.2, 0.25) is 10.0 Å². The average molecular weight is 378 g/mol. The van der Waals surface area contributed by atoms with Crippen LogP contribution in [0, 0.1) is 6.92 Å². The maximum absolute atomic E-state index is 12.1. The van der Waals surface area contributed by atoms with Gasteiger partial charge in [-0.2, -0.15) is 0 Å². The minimum atomic E-state index is -3.68. The van der Waals surface area contributed by atoms with Crippen LogP contribution in [0.25, 0.3) is 0 Å². The molecule has 2 amide bonds. The number of hydrogen-bond acceptors (Lipinski definition) is 4. The van der Waals surface area contributed by atoms with Gasteiger partial charge in [0.05, 0.1) is 4.90 Å². The summed E-state index contributed by atoms with van der Waals surface area (Å²) in [5.74, 6) is -0.927. The molecule has 0 saturated carbocycles. The standard InChI is InChI=1S/C14H20ClN3O5S/c1-10-9-11(15)4-5-12(10)24(22,23)18-8-7-17-14(21)16-6-2-3-13(19)20/h4-5,9,18H,2-3,6-8H2,1H3,(H,19,20)(H2,16,17,21). The summed E-state index contributed by atoms with van der Waals surface area (Å²) in [5, 5.41) is 13.9. The highest BCUT2D eigenvalue weighted by molar-refractivity contribution is 7.89. The zero-order valence-corrected chi connectivity index (χ0v) is 14.7. The number of carboxylic acid groups (broad SMARTS) is 1. The number of sulfonamides is 1. The maximum Gasteiger partial charge on any atom is 0.314 e. The molecular formula is C14H20ClN3O5S. The predicted molar refractivity (Wildman–Crippen MR) is 89.6 cm³/mol. The third kappa shape index (κ3) is 7.16. The lowest BCUT2D eigenvalue weighted by Crippen LogP contribution is -2.40. The van der Waals surface area contributed by atoms with Crippen molar-refractivity contribution < 1.29 is 23.1 Å². The molecule has 0 aliphatic carbocycles. The number of aliphatic carboxylic acids is 1. The highest BCUT2D eigenvalue weighted by Gasteiger charge is 2.16. The summed E-state index contributed by atoms with van der Waals surface area (Å²) in [4.78, 5) is 21.8. The Morgan fingerprint density at radius 1 is 1.17 bits per heavy atom. The Labute approximate surface area is 145 Å². The molecule has 1 aromatic carbocycles. The topological polar surface area (TPSA) is 125 Å². The molecule has 0 aliphatic rings. The summed E-state index contributed by atoms with van der Waals surface area (Å²) in [6.07, 6.45) is 0.297. The fourth-order valence-electron chi connectivity index (χ4n) is 1.86. The van der Waals surface area contributed by atoms with Crippen molar-refractivity contribution in [3.8, 4) is 0 Å². The van der Waals surface area contributed by atoms with Gasteiger partial charge in [-0.05, 0) is 37.1 Å². The molecule has 0 heterocycles. The van der Waals surface area contributed by atoms with E-state index in [2.05, 4.69) is 15.4 Å². The van der Waals surface area contributed by atoms with E-state index in [0.717, 1.165) is 0 Å². The van der Waals surface area contributed by atoms with Crippen LogP contribution >= 0.6 is 11.6 Å². The van der Waals surface area contributed by atoms with Crippen LogP contribution in [0.1, 0.15) is 18.4 Å². The van der Waals surface area contributed by atoms with Crippen molar-refractivity contribution in [3.05, 3.63) is 28.8 Å². The normalized spacial score (nSPS) is 11.1. The van der Waals surface area contributed by atoms with Gasteiger partial charge >= 0.3 is 12.0 Å². The fraction of sp³-hybridized carbons (Fsp3) is 0.429. The van der Waals surface area contributed by atoms with Gasteiger partial charge in [-0.25, -0.2) is 17.9 Å². The Morgan fingerprint density at radius 3 is 2.46 bits per heavy atom. The molecule has 24 heavy (non-hydrogen) atoms. The molecule has 0 fully saturated rings. The molecule has 0 atom stereocenters. The Bertz CT molecular complexity index is 694. The summed E-state index contributed by atoms with van der Waals surface area (Å²) < 4.78 is 26.7. The van der Waals surface area contributed by atoms with Gasteiger partial charge in [0, 0.05) is 31.1 Å². The number of amides is 2. The molecule has 0 saturated heterocycles. The van der Waals surface area contributed by atoms with Crippen molar-refractivity contribution in [2.24, 2.45) is 0 Å². The number of rotatable bonds is 9. The lowest BCUT2D eigenvalue weighted by molar-refractivity contribution is -0.137. The Kier molecular flexibility index (Phi) is 7.96. The highest BCUT2D eigenvalue weighted by atomic mass is 35.5. The van der Waals surface area contributed by atoms with Gasteiger partial charge in [-0.1, -0.05) is 11.6 Å². The molecule has 1 aromatic rings. The summed E-state index contributed by atoms with van der Waals surface area (Å²) in [7, 11) is -3.68. The summed E-state index contributed by atoms with van der Waals surface area (Å²) >= 11 is 5.80. The minimum absolute atomic E-state index is 0.0208. The number of urea groups is 1. The largest absolute Gasteiger partial charge is 0.481 e. The van der Waals surface area contributed by atoms with Gasteiger partial charge < -0.3 is 15.7 Å². The molecular weight excluding hydrogens is 358 g/mol. The van der Waals surface area contributed by atoms with E-state index < -0.39 is 22.0 Å². The number of hydrogen-bond donors (Lipinski definition) is 4. The second kappa shape index (κ2) is 9.45. The predicted octanol–water partition coefficient (Wildman–Crippen LogP) is 1.09. The van der Waals surface area contributed by atoms with E-state index in [-0.39, 0.29) is 31.0 Å². The van der Waals surface area contributed by atoms with E-state index in [4.69, 9.17) is 16.7 Å². The Morgan fingerprint density at radius 2 is 1.83 bits per heavy atom. The van der Waals surface area contributed by atoms with Gasteiger partial charge in [0.1, 0.15) is 0 Å². The van der Waals surface area contributed by atoms with Crippen LogP contribution in [0.4, 0.5) is 4.79 Å². The lowest BCUT2D eigenvalue weighted by atomic mass is 10.2. The minimum Gasteiger partial charge on any atom is -0.481 e. The van der Waals surface area contributed by atoms with E-state index in [1.807, 2.05) is 0 Å². The van der Waals surface area contributed by atoms with Crippen molar-refractivity contribution >= 4 is 33.6 Å². The monoisotopic (exact) mass is 377 g/mol. The number of aryl methyl sites for hydroxylation is 1. The molecule has 0 bridgehead atoms. The molecule has 8 nitrogen and oxygen atoms in total. The second-order valence-electron chi connectivity index (χ2n) is 4.99. The SMILES string of the molecule is Cc1cc(Cl)ccc1S(=O)(=O)NCCNC(=O)NCCCC(=O)O. The van der Waals surface area contributed by atoms with Gasteiger partial charge in [0.15, 0.2) is 0 Å². The molecule has 0 spiro atoms. The maximum atomic E-state index is 12.1. The van der Waals surface area contributed by atoms with Crippen LogP contribution in [-0.4, -0.2) is 45.2 Å². The number of carbonyl (C=O) groups excluding carboxylic acids is 1. The lowest BCUT2D eigenvalue weighted by Gasteiger charge is -2.10. The first-order chi connectivity index (χ1) is 11.2. The van der Waals surface area contributed by atoms with Crippen molar-refractivity contribution in [1.82, 2.24) is 15.4 Å². The summed E-state index contributed by atoms with van der Waals surface area (Å²) in [6, 6.07) is 3.98. The van der Waals surface area contributed by atoms with Crippen LogP contribution < -0.4 is 15.4 Å². The second-order valence-corrected chi connectivity index (χ2v) is 7.16. The highest BCUT2D eigenvalue weighted by Crippen LogP contribution is 2.19. The Hall–Kier alpha value is -1.84. The smallest absolute Gasteiger partial charge is 0.314 e. The zero-order chi connectivity index (χ0) is 18.2. The third-order valence-corrected chi connectivity index (χ3v) is 4.84. The number of benzene rings is 1. The molecule has 0 unspecified atom stereocenters. The van der Waals surface area contributed by atoms with Crippen LogP contribution in [-0.2, 0) is 14.8 Å². The van der Waals surface area contributed by atoms with Crippen molar-refractivity contribution in [1.29, 1.82) is 0 Å². The molecule has 4 N–H and O–H groups in total. The average Bonchev–Trinajstić information content (AvgIpc) is 2.47. The zero-order valence-electron chi connectivity index (χ0n) is 13.1. The van der Waals surface area contributed by atoms with E-state index in [1.165, 1.54) is 12.1 Å². The van der Waals surface area contributed by atoms with Gasteiger partial charge in [-0.15, -0.1) is 0 Å². The van der Waals surface area contributed by atoms with Crippen LogP contribution in [0.3, 0.4) is 0 Å². The molecule has 0 aromatic heterocycles. The van der Waals surface area contributed by atoms with Crippen molar-refractivity contribution in [2.75, 3.05) is 19.6 Å². The van der Waals surface area contributed by atoms with Crippen molar-refractivity contribution in [2.45, 2.75) is 24.7 Å². The first-order valence-corrected chi connectivity index (χ1v) is 9.08. The quantitative estimate of drug-likeness (QED) is 0.479. The summed E-state index contributed by atoms with van der Waals surface area (Å²) in [6.45, 7) is 1.99. The first-order valence-electron chi connectivity index (χ1n) is 7.21. The Balaban J connectivity index is 2.33. The van der Waals surface area contributed by atoms with Crippen LogP contribution in [0.5, 0.6) is 0 Å². The van der Waals surface area contributed by atoms with Crippen LogP contribution in [0.2, 0.25) is 5.02 Å². The number of nitrogens with one attached hydrogen (secondary N) is 3. The fourth-order valence-corrected chi connectivity index (χ4v) is 3.34. The number of halogens is 1. The van der Waals surface area contributed by atoms with Gasteiger partial charge in [0.25, 0.3) is 0 Å². The van der Waals surface area contributed by atoms with Crippen LogP contribution in [0.15, 0.2) is 23.1 Å². The molecule has 1 rings (SSSR count).